The van der Waals surface area contributed by atoms with Gasteiger partial charge in [-0.05, 0) is 12.6 Å². The van der Waals surface area contributed by atoms with Crippen molar-refractivity contribution in [3.63, 3.8) is 0 Å². The number of hydrogen-bond donors (Lipinski definition) is 2. The zero-order chi connectivity index (χ0) is 6.53. The lowest BCUT2D eigenvalue weighted by Gasteiger charge is -2.20. The van der Waals surface area contributed by atoms with Crippen LogP contribution < -0.4 is 10.6 Å². The van der Waals surface area contributed by atoms with Crippen LogP contribution in [0.15, 0.2) is 12.3 Å². The van der Waals surface area contributed by atoms with Crippen molar-refractivity contribution >= 4 is 0 Å². The molecule has 0 aromatic carbocycles. The Balaban J connectivity index is 2.18. The second-order valence-corrected chi connectivity index (χ2v) is 2.32. The third-order valence-corrected chi connectivity index (χ3v) is 1.47. The summed E-state index contributed by atoms with van der Waals surface area (Å²) in [7, 11) is 0. The highest BCUT2D eigenvalue weighted by atomic mass is 15.1. The molecule has 0 spiro atoms. The van der Waals surface area contributed by atoms with E-state index in [1.165, 1.54) is 12.8 Å². The van der Waals surface area contributed by atoms with Crippen LogP contribution in [0.3, 0.4) is 0 Å². The molecule has 0 radical (unpaired) electrons. The molecule has 1 rings (SSSR count). The average molecular weight is 126 g/mol. The first-order chi connectivity index (χ1) is 4.43. The summed E-state index contributed by atoms with van der Waals surface area (Å²) >= 11 is 0. The molecule has 1 aliphatic heterocycles. The fraction of sp³-hybridized carbons (Fsp3) is 0.714. The summed E-state index contributed by atoms with van der Waals surface area (Å²) in [6.07, 6.45) is 7.08. The van der Waals surface area contributed by atoms with Crippen LogP contribution in [0.1, 0.15) is 19.8 Å². The van der Waals surface area contributed by atoms with Gasteiger partial charge in [-0.1, -0.05) is 19.4 Å². The van der Waals surface area contributed by atoms with Gasteiger partial charge in [0.25, 0.3) is 0 Å². The Labute approximate surface area is 56.3 Å². The van der Waals surface area contributed by atoms with Crippen LogP contribution in [0, 0.1) is 0 Å². The number of nitrogens with one attached hydrogen (secondary N) is 2. The van der Waals surface area contributed by atoms with Gasteiger partial charge in [-0.25, -0.2) is 0 Å². The van der Waals surface area contributed by atoms with Gasteiger partial charge in [-0.3, -0.25) is 5.32 Å². The first-order valence-corrected chi connectivity index (χ1v) is 3.58. The maximum atomic E-state index is 3.32. The topological polar surface area (TPSA) is 24.1 Å². The molecule has 52 valence electrons. The fourth-order valence-corrected chi connectivity index (χ4v) is 0.986. The second-order valence-electron chi connectivity index (χ2n) is 2.32. The molecule has 0 bridgehead atoms. The molecule has 9 heavy (non-hydrogen) atoms. The van der Waals surface area contributed by atoms with E-state index in [1.54, 1.807) is 0 Å². The molecule has 0 amide bonds. The van der Waals surface area contributed by atoms with Crippen LogP contribution >= 0.6 is 0 Å². The molecule has 2 N–H and O–H groups in total. The van der Waals surface area contributed by atoms with E-state index in [2.05, 4.69) is 23.6 Å². The molecule has 1 heterocycles. The Morgan fingerprint density at radius 2 is 2.56 bits per heavy atom. The smallest absolute Gasteiger partial charge is 0.0765 e. The first-order valence-electron chi connectivity index (χ1n) is 3.58. The zero-order valence-electron chi connectivity index (χ0n) is 5.85. The van der Waals surface area contributed by atoms with Crippen LogP contribution in [0.4, 0.5) is 0 Å². The predicted octanol–water partition coefficient (Wildman–Crippen LogP) is 0.819. The molecule has 0 saturated heterocycles. The molecular formula is C7H14N2. The monoisotopic (exact) mass is 126 g/mol. The van der Waals surface area contributed by atoms with Crippen LogP contribution in [-0.4, -0.2) is 12.7 Å². The van der Waals surface area contributed by atoms with E-state index in [1.807, 2.05) is 6.20 Å². The van der Waals surface area contributed by atoms with Crippen molar-refractivity contribution in [1.29, 1.82) is 0 Å². The summed E-state index contributed by atoms with van der Waals surface area (Å²) < 4.78 is 0. The van der Waals surface area contributed by atoms with Crippen molar-refractivity contribution in [3.05, 3.63) is 12.3 Å². The molecule has 0 aliphatic carbocycles. The van der Waals surface area contributed by atoms with Gasteiger partial charge in [0.2, 0.25) is 0 Å². The van der Waals surface area contributed by atoms with Gasteiger partial charge < -0.3 is 5.32 Å². The highest BCUT2D eigenvalue weighted by molar-refractivity contribution is 4.89. The number of hydrogen-bond acceptors (Lipinski definition) is 2. The van der Waals surface area contributed by atoms with Crippen LogP contribution in [0.2, 0.25) is 0 Å². The predicted molar refractivity (Wildman–Crippen MR) is 39.0 cm³/mol. The summed E-state index contributed by atoms with van der Waals surface area (Å²) in [6, 6.07) is 0. The lowest BCUT2D eigenvalue weighted by Crippen LogP contribution is -2.42. The van der Waals surface area contributed by atoms with E-state index in [0.29, 0.717) is 6.17 Å². The zero-order valence-corrected chi connectivity index (χ0v) is 5.85. The third kappa shape index (κ3) is 2.06. The van der Waals surface area contributed by atoms with Gasteiger partial charge >= 0.3 is 0 Å². The van der Waals surface area contributed by atoms with Gasteiger partial charge in [-0.2, -0.15) is 0 Å². The van der Waals surface area contributed by atoms with Crippen LogP contribution in [-0.2, 0) is 0 Å². The Morgan fingerprint density at radius 3 is 3.11 bits per heavy atom. The quantitative estimate of drug-likeness (QED) is 0.572. The molecule has 2 nitrogen and oxygen atoms in total. The maximum Gasteiger partial charge on any atom is 0.0765 e. The number of rotatable bonds is 2. The minimum atomic E-state index is 0.514. The molecule has 1 unspecified atom stereocenters. The molecule has 1 atom stereocenters. The molecule has 0 fully saturated rings. The SMILES string of the molecule is CCCC1NC=CCN1. The largest absolute Gasteiger partial charge is 0.376 e. The highest BCUT2D eigenvalue weighted by Crippen LogP contribution is 1.94. The minimum absolute atomic E-state index is 0.514. The van der Waals surface area contributed by atoms with Gasteiger partial charge in [0, 0.05) is 6.54 Å². The molecular weight excluding hydrogens is 112 g/mol. The van der Waals surface area contributed by atoms with Gasteiger partial charge in [0.1, 0.15) is 0 Å². The van der Waals surface area contributed by atoms with E-state index in [-0.39, 0.29) is 0 Å². The second kappa shape index (κ2) is 3.51. The third-order valence-electron chi connectivity index (χ3n) is 1.47. The summed E-state index contributed by atoms with van der Waals surface area (Å²) in [5.74, 6) is 0. The van der Waals surface area contributed by atoms with Crippen molar-refractivity contribution in [3.8, 4) is 0 Å². The minimum Gasteiger partial charge on any atom is -0.376 e. The molecule has 0 aromatic heterocycles. The first kappa shape index (κ1) is 6.62. The normalized spacial score (nSPS) is 25.7. The molecule has 0 saturated carbocycles. The van der Waals surface area contributed by atoms with E-state index in [9.17, 15) is 0 Å². The van der Waals surface area contributed by atoms with Crippen molar-refractivity contribution in [2.75, 3.05) is 6.54 Å². The Hall–Kier alpha value is -0.500. The Bertz CT molecular complexity index is 99.1. The maximum absolute atomic E-state index is 3.32. The fourth-order valence-electron chi connectivity index (χ4n) is 0.986. The Morgan fingerprint density at radius 1 is 1.67 bits per heavy atom. The van der Waals surface area contributed by atoms with E-state index in [0.717, 1.165) is 6.54 Å². The summed E-state index contributed by atoms with van der Waals surface area (Å²) in [5.41, 5.74) is 0. The highest BCUT2D eigenvalue weighted by Gasteiger charge is 2.03. The standard InChI is InChI=1S/C7H14N2/c1-2-4-7-8-5-3-6-9-7/h3,5,7-9H,2,4,6H2,1H3. The molecule has 1 aliphatic rings. The van der Waals surface area contributed by atoms with Crippen LogP contribution in [0.5, 0.6) is 0 Å². The van der Waals surface area contributed by atoms with E-state index < -0.39 is 0 Å². The van der Waals surface area contributed by atoms with E-state index >= 15 is 0 Å². The van der Waals surface area contributed by atoms with Gasteiger partial charge in [-0.15, -0.1) is 0 Å². The van der Waals surface area contributed by atoms with Crippen molar-refractivity contribution in [2.45, 2.75) is 25.9 Å². The average Bonchev–Trinajstić information content (AvgIpc) is 1.91. The van der Waals surface area contributed by atoms with Crippen molar-refractivity contribution < 1.29 is 0 Å². The Kier molecular flexibility index (Phi) is 2.58. The van der Waals surface area contributed by atoms with Crippen molar-refractivity contribution in [2.24, 2.45) is 0 Å². The van der Waals surface area contributed by atoms with E-state index in [4.69, 9.17) is 0 Å². The summed E-state index contributed by atoms with van der Waals surface area (Å²) in [6.45, 7) is 3.21. The molecule has 0 aromatic rings. The lowest BCUT2D eigenvalue weighted by molar-refractivity contribution is 0.443. The van der Waals surface area contributed by atoms with Crippen molar-refractivity contribution in [1.82, 2.24) is 10.6 Å². The summed E-state index contributed by atoms with van der Waals surface area (Å²) in [5, 5.41) is 6.55. The van der Waals surface area contributed by atoms with Crippen LogP contribution in [0.25, 0.3) is 0 Å². The van der Waals surface area contributed by atoms with Gasteiger partial charge in [0.15, 0.2) is 0 Å². The summed E-state index contributed by atoms with van der Waals surface area (Å²) in [4.78, 5) is 0. The van der Waals surface area contributed by atoms with Gasteiger partial charge in [0.05, 0.1) is 6.17 Å². The molecule has 2 heteroatoms. The lowest BCUT2D eigenvalue weighted by atomic mass is 10.2.